The molecule has 18 heavy (non-hydrogen) atoms. The second kappa shape index (κ2) is 3.96. The third-order valence-corrected chi connectivity index (χ3v) is 6.19. The van der Waals surface area contributed by atoms with E-state index in [4.69, 9.17) is 0 Å². The van der Waals surface area contributed by atoms with Crippen LogP contribution < -0.4 is 10.6 Å². The normalized spacial score (nSPS) is 53.1. The molecule has 3 heteroatoms. The van der Waals surface area contributed by atoms with Crippen LogP contribution >= 0.6 is 0 Å². The second-order valence-electron chi connectivity index (χ2n) is 7.10. The van der Waals surface area contributed by atoms with Crippen LogP contribution in [-0.2, 0) is 4.79 Å². The second-order valence-corrected chi connectivity index (χ2v) is 7.10. The number of rotatable bonds is 2. The van der Waals surface area contributed by atoms with Gasteiger partial charge in [-0.15, -0.1) is 0 Å². The van der Waals surface area contributed by atoms with Gasteiger partial charge in [0.2, 0.25) is 5.91 Å². The summed E-state index contributed by atoms with van der Waals surface area (Å²) in [6.45, 7) is 4.33. The fraction of sp³-hybridized carbons (Fsp3) is 0.933. The van der Waals surface area contributed by atoms with Crippen LogP contribution in [0.15, 0.2) is 0 Å². The monoisotopic (exact) mass is 248 g/mol. The van der Waals surface area contributed by atoms with Crippen molar-refractivity contribution in [2.75, 3.05) is 13.1 Å². The summed E-state index contributed by atoms with van der Waals surface area (Å²) in [5.41, 5.74) is 0. The molecule has 2 bridgehead atoms. The molecule has 2 N–H and O–H groups in total. The van der Waals surface area contributed by atoms with Gasteiger partial charge < -0.3 is 10.6 Å². The quantitative estimate of drug-likeness (QED) is 0.775. The summed E-state index contributed by atoms with van der Waals surface area (Å²) in [4.78, 5) is 12.4. The summed E-state index contributed by atoms with van der Waals surface area (Å²) >= 11 is 0. The molecule has 3 nitrogen and oxygen atoms in total. The van der Waals surface area contributed by atoms with Crippen LogP contribution in [0.5, 0.6) is 0 Å². The average molecular weight is 248 g/mol. The summed E-state index contributed by atoms with van der Waals surface area (Å²) in [6.07, 6.45) is 5.42. The minimum absolute atomic E-state index is 0.366. The number of hydrogen-bond acceptors (Lipinski definition) is 2. The molecule has 1 aliphatic heterocycles. The van der Waals surface area contributed by atoms with Crippen LogP contribution in [0.3, 0.4) is 0 Å². The van der Waals surface area contributed by atoms with Crippen molar-refractivity contribution in [3.8, 4) is 0 Å². The Morgan fingerprint density at radius 1 is 1.17 bits per heavy atom. The van der Waals surface area contributed by atoms with Gasteiger partial charge in [0, 0.05) is 18.5 Å². The maximum Gasteiger partial charge on any atom is 0.223 e. The molecule has 1 saturated heterocycles. The minimum atomic E-state index is 0.366. The SMILES string of the molecule is CC1CCNCC1NC(=O)C1C2C3CCC(C3)C12. The van der Waals surface area contributed by atoms with E-state index < -0.39 is 0 Å². The number of carbonyl (C=O) groups is 1. The van der Waals surface area contributed by atoms with Gasteiger partial charge in [-0.3, -0.25) is 4.79 Å². The van der Waals surface area contributed by atoms with Crippen LogP contribution in [0.4, 0.5) is 0 Å². The van der Waals surface area contributed by atoms with Gasteiger partial charge in [0.25, 0.3) is 0 Å². The van der Waals surface area contributed by atoms with E-state index in [1.54, 1.807) is 0 Å². The lowest BCUT2D eigenvalue weighted by atomic mass is 9.94. The van der Waals surface area contributed by atoms with E-state index in [9.17, 15) is 4.79 Å². The molecule has 0 spiro atoms. The Labute approximate surface area is 109 Å². The van der Waals surface area contributed by atoms with E-state index in [-0.39, 0.29) is 0 Å². The van der Waals surface area contributed by atoms with Gasteiger partial charge in [0.1, 0.15) is 0 Å². The molecule has 1 heterocycles. The molecule has 3 aliphatic carbocycles. The van der Waals surface area contributed by atoms with Gasteiger partial charge in [-0.05, 0) is 61.8 Å². The fourth-order valence-corrected chi connectivity index (χ4v) is 5.14. The average Bonchev–Trinajstić information content (AvgIpc) is 2.82. The van der Waals surface area contributed by atoms with Crippen molar-refractivity contribution < 1.29 is 4.79 Å². The first-order valence-corrected chi connectivity index (χ1v) is 7.77. The van der Waals surface area contributed by atoms with Gasteiger partial charge in [0.15, 0.2) is 0 Å². The molecule has 6 unspecified atom stereocenters. The Bertz CT molecular complexity index is 354. The summed E-state index contributed by atoms with van der Waals surface area (Å²) < 4.78 is 0. The van der Waals surface area contributed by atoms with Gasteiger partial charge >= 0.3 is 0 Å². The lowest BCUT2D eigenvalue weighted by Crippen LogP contribution is -2.50. The van der Waals surface area contributed by atoms with Gasteiger partial charge in [-0.25, -0.2) is 0 Å². The third kappa shape index (κ3) is 1.56. The number of piperidine rings is 1. The first kappa shape index (κ1) is 11.3. The summed E-state index contributed by atoms with van der Waals surface area (Å²) in [5, 5.41) is 6.72. The number of hydrogen-bond donors (Lipinski definition) is 2. The smallest absolute Gasteiger partial charge is 0.223 e. The van der Waals surface area contributed by atoms with Crippen molar-refractivity contribution >= 4 is 5.91 Å². The molecule has 6 atom stereocenters. The maximum atomic E-state index is 12.4. The molecule has 100 valence electrons. The van der Waals surface area contributed by atoms with E-state index in [2.05, 4.69) is 17.6 Å². The molecule has 0 aromatic heterocycles. The molecule has 4 aliphatic rings. The highest BCUT2D eigenvalue weighted by molar-refractivity contribution is 5.83. The highest BCUT2D eigenvalue weighted by atomic mass is 16.2. The molecule has 4 fully saturated rings. The standard InChI is InChI=1S/C15H24N2O/c1-8-4-5-16-7-11(8)17-15(18)14-12-9-2-3-10(6-9)13(12)14/h8-14,16H,2-7H2,1H3,(H,17,18). The molecule has 1 amide bonds. The summed E-state index contributed by atoms with van der Waals surface area (Å²) in [5.74, 6) is 4.75. The molecule has 3 saturated carbocycles. The predicted molar refractivity (Wildman–Crippen MR) is 69.9 cm³/mol. The number of carbonyl (C=O) groups excluding carboxylic acids is 1. The zero-order valence-electron chi connectivity index (χ0n) is 11.2. The van der Waals surface area contributed by atoms with E-state index in [1.165, 1.54) is 25.7 Å². The predicted octanol–water partition coefficient (Wildman–Crippen LogP) is 1.39. The minimum Gasteiger partial charge on any atom is -0.352 e. The lowest BCUT2D eigenvalue weighted by molar-refractivity contribution is -0.124. The Morgan fingerprint density at radius 2 is 1.89 bits per heavy atom. The Balaban J connectivity index is 1.38. The first-order chi connectivity index (χ1) is 8.75. The van der Waals surface area contributed by atoms with Crippen LogP contribution in [0.1, 0.15) is 32.6 Å². The number of fused-ring (bicyclic) bond motifs is 5. The van der Waals surface area contributed by atoms with Crippen molar-refractivity contribution in [1.82, 2.24) is 10.6 Å². The van der Waals surface area contributed by atoms with Gasteiger partial charge in [0.05, 0.1) is 0 Å². The Morgan fingerprint density at radius 3 is 2.56 bits per heavy atom. The largest absolute Gasteiger partial charge is 0.352 e. The summed E-state index contributed by atoms with van der Waals surface area (Å²) in [6, 6.07) is 0.366. The number of amides is 1. The van der Waals surface area contributed by atoms with Gasteiger partial charge in [-0.2, -0.15) is 0 Å². The Kier molecular flexibility index (Phi) is 2.48. The van der Waals surface area contributed by atoms with Crippen molar-refractivity contribution in [3.05, 3.63) is 0 Å². The van der Waals surface area contributed by atoms with Gasteiger partial charge in [-0.1, -0.05) is 6.92 Å². The Hall–Kier alpha value is -0.570. The van der Waals surface area contributed by atoms with Crippen molar-refractivity contribution in [2.45, 2.75) is 38.6 Å². The molecule has 4 rings (SSSR count). The third-order valence-electron chi connectivity index (χ3n) is 6.19. The zero-order valence-corrected chi connectivity index (χ0v) is 11.2. The van der Waals surface area contributed by atoms with Crippen molar-refractivity contribution in [2.24, 2.45) is 35.5 Å². The fourth-order valence-electron chi connectivity index (χ4n) is 5.14. The first-order valence-electron chi connectivity index (χ1n) is 7.77. The highest BCUT2D eigenvalue weighted by Gasteiger charge is 2.67. The maximum absolute atomic E-state index is 12.4. The van der Waals surface area contributed by atoms with E-state index >= 15 is 0 Å². The van der Waals surface area contributed by atoms with Crippen LogP contribution in [0, 0.1) is 35.5 Å². The van der Waals surface area contributed by atoms with E-state index in [0.717, 1.165) is 36.8 Å². The van der Waals surface area contributed by atoms with Crippen molar-refractivity contribution in [1.29, 1.82) is 0 Å². The highest BCUT2D eigenvalue weighted by Crippen LogP contribution is 2.69. The van der Waals surface area contributed by atoms with Crippen LogP contribution in [0.2, 0.25) is 0 Å². The molecular weight excluding hydrogens is 224 g/mol. The molecule has 0 aromatic rings. The number of nitrogens with one attached hydrogen (secondary N) is 2. The lowest BCUT2D eigenvalue weighted by Gasteiger charge is -2.30. The van der Waals surface area contributed by atoms with Crippen LogP contribution in [0.25, 0.3) is 0 Å². The van der Waals surface area contributed by atoms with Crippen molar-refractivity contribution in [3.63, 3.8) is 0 Å². The molecule has 0 radical (unpaired) electrons. The molecular formula is C15H24N2O. The summed E-state index contributed by atoms with van der Waals surface area (Å²) in [7, 11) is 0. The van der Waals surface area contributed by atoms with E-state index in [0.29, 0.717) is 23.8 Å². The van der Waals surface area contributed by atoms with Crippen LogP contribution in [-0.4, -0.2) is 25.0 Å². The topological polar surface area (TPSA) is 41.1 Å². The molecule has 0 aromatic carbocycles. The zero-order chi connectivity index (χ0) is 12.3. The van der Waals surface area contributed by atoms with E-state index in [1.807, 2.05) is 0 Å².